The Hall–Kier alpha value is -1.30. The van der Waals surface area contributed by atoms with Gasteiger partial charge in [0.1, 0.15) is 24.2 Å². The van der Waals surface area contributed by atoms with Crippen LogP contribution in [-0.2, 0) is 0 Å². The number of benzene rings is 1. The summed E-state index contributed by atoms with van der Waals surface area (Å²) in [7, 11) is 1.60. The predicted molar refractivity (Wildman–Crippen MR) is 73.7 cm³/mol. The molecule has 5 heteroatoms. The molecule has 2 unspecified atom stereocenters. The number of rotatable bonds is 9. The molecule has 0 aliphatic carbocycles. The highest BCUT2D eigenvalue weighted by Crippen LogP contribution is 2.18. The van der Waals surface area contributed by atoms with Gasteiger partial charge in [-0.3, -0.25) is 0 Å². The Balaban J connectivity index is 2.20. The predicted octanol–water partition coefficient (Wildman–Crippen LogP) is 0.795. The normalized spacial score (nSPS) is 13.9. The van der Waals surface area contributed by atoms with Crippen molar-refractivity contribution in [2.45, 2.75) is 25.6 Å². The molecule has 0 amide bonds. The van der Waals surface area contributed by atoms with Crippen molar-refractivity contribution < 1.29 is 19.7 Å². The van der Waals surface area contributed by atoms with Crippen molar-refractivity contribution >= 4 is 0 Å². The number of hydrogen-bond donors (Lipinski definition) is 3. The summed E-state index contributed by atoms with van der Waals surface area (Å²) in [5.74, 6) is 1.39. The Labute approximate surface area is 114 Å². The number of aliphatic hydroxyl groups excluding tert-OH is 2. The number of aliphatic hydroxyl groups is 2. The maximum absolute atomic E-state index is 9.72. The molecule has 0 saturated heterocycles. The van der Waals surface area contributed by atoms with E-state index < -0.39 is 6.10 Å². The second kappa shape index (κ2) is 8.74. The molecule has 108 valence electrons. The monoisotopic (exact) mass is 269 g/mol. The zero-order valence-corrected chi connectivity index (χ0v) is 11.5. The minimum Gasteiger partial charge on any atom is -0.497 e. The maximum atomic E-state index is 9.72. The second-order valence-corrected chi connectivity index (χ2v) is 4.49. The Bertz CT molecular complexity index is 357. The van der Waals surface area contributed by atoms with Gasteiger partial charge in [0, 0.05) is 12.6 Å². The average Bonchev–Trinajstić information content (AvgIpc) is 2.41. The molecule has 5 nitrogen and oxygen atoms in total. The first-order chi connectivity index (χ1) is 9.11. The van der Waals surface area contributed by atoms with E-state index in [1.54, 1.807) is 20.1 Å². The van der Waals surface area contributed by atoms with Crippen LogP contribution in [0.15, 0.2) is 24.3 Å². The van der Waals surface area contributed by atoms with Crippen LogP contribution in [-0.4, -0.2) is 49.2 Å². The van der Waals surface area contributed by atoms with Crippen LogP contribution in [0, 0.1) is 0 Å². The molecule has 0 aliphatic heterocycles. The molecule has 1 aromatic carbocycles. The van der Waals surface area contributed by atoms with Gasteiger partial charge in [-0.05, 0) is 32.0 Å². The molecule has 0 fully saturated rings. The van der Waals surface area contributed by atoms with Crippen LogP contribution in [0.5, 0.6) is 11.5 Å². The first-order valence-electron chi connectivity index (χ1n) is 6.45. The zero-order chi connectivity index (χ0) is 14.1. The van der Waals surface area contributed by atoms with E-state index in [1.165, 1.54) is 0 Å². The molecule has 0 bridgehead atoms. The lowest BCUT2D eigenvalue weighted by Crippen LogP contribution is -2.32. The van der Waals surface area contributed by atoms with Crippen LogP contribution in [0.1, 0.15) is 13.3 Å². The lowest BCUT2D eigenvalue weighted by molar-refractivity contribution is 0.104. The Morgan fingerprint density at radius 1 is 1.26 bits per heavy atom. The van der Waals surface area contributed by atoms with Crippen molar-refractivity contribution in [3.05, 3.63) is 24.3 Å². The molecular formula is C14H23NO4. The second-order valence-electron chi connectivity index (χ2n) is 4.49. The van der Waals surface area contributed by atoms with Gasteiger partial charge in [0.25, 0.3) is 0 Å². The van der Waals surface area contributed by atoms with Crippen LogP contribution in [0.4, 0.5) is 0 Å². The first-order valence-corrected chi connectivity index (χ1v) is 6.45. The third kappa shape index (κ3) is 7.00. The molecule has 1 rings (SSSR count). The van der Waals surface area contributed by atoms with Crippen LogP contribution < -0.4 is 14.8 Å². The summed E-state index contributed by atoms with van der Waals surface area (Å²) in [5.41, 5.74) is 0. The fourth-order valence-electron chi connectivity index (χ4n) is 1.52. The molecule has 19 heavy (non-hydrogen) atoms. The van der Waals surface area contributed by atoms with Gasteiger partial charge in [-0.15, -0.1) is 0 Å². The summed E-state index contributed by atoms with van der Waals surface area (Å²) in [6.07, 6.45) is -0.235. The van der Waals surface area contributed by atoms with Crippen LogP contribution in [0.2, 0.25) is 0 Å². The summed E-state index contributed by atoms with van der Waals surface area (Å²) in [5, 5.41) is 21.9. The van der Waals surface area contributed by atoms with E-state index in [0.29, 0.717) is 25.3 Å². The van der Waals surface area contributed by atoms with Crippen molar-refractivity contribution in [3.8, 4) is 11.5 Å². The lowest BCUT2D eigenvalue weighted by Gasteiger charge is -2.14. The molecule has 3 N–H and O–H groups in total. The topological polar surface area (TPSA) is 71.0 Å². The largest absolute Gasteiger partial charge is 0.497 e. The molecular weight excluding hydrogens is 246 g/mol. The minimum atomic E-state index is -0.583. The van der Waals surface area contributed by atoms with Gasteiger partial charge in [0.05, 0.1) is 13.2 Å². The lowest BCUT2D eigenvalue weighted by atomic mass is 10.3. The zero-order valence-electron chi connectivity index (χ0n) is 11.5. The van der Waals surface area contributed by atoms with Crippen molar-refractivity contribution in [3.63, 3.8) is 0 Å². The van der Waals surface area contributed by atoms with Crippen molar-refractivity contribution in [2.75, 3.05) is 26.8 Å². The van der Waals surface area contributed by atoms with Crippen LogP contribution in [0.3, 0.4) is 0 Å². The SMILES string of the molecule is COc1cccc(OCC(O)CNCCC(C)O)c1. The molecule has 2 atom stereocenters. The van der Waals surface area contributed by atoms with Crippen molar-refractivity contribution in [2.24, 2.45) is 0 Å². The summed E-state index contributed by atoms with van der Waals surface area (Å²) >= 11 is 0. The third-order valence-corrected chi connectivity index (χ3v) is 2.60. The van der Waals surface area contributed by atoms with Gasteiger partial charge in [-0.2, -0.15) is 0 Å². The molecule has 0 aromatic heterocycles. The first kappa shape index (κ1) is 15.8. The van der Waals surface area contributed by atoms with Gasteiger partial charge in [-0.25, -0.2) is 0 Å². The molecule has 0 spiro atoms. The smallest absolute Gasteiger partial charge is 0.123 e. The van der Waals surface area contributed by atoms with E-state index in [-0.39, 0.29) is 12.7 Å². The summed E-state index contributed by atoms with van der Waals surface area (Å²) < 4.78 is 10.6. The Morgan fingerprint density at radius 2 is 2.00 bits per heavy atom. The molecule has 1 aromatic rings. The molecule has 0 radical (unpaired) electrons. The van der Waals surface area contributed by atoms with E-state index >= 15 is 0 Å². The van der Waals surface area contributed by atoms with E-state index in [4.69, 9.17) is 14.6 Å². The van der Waals surface area contributed by atoms with Gasteiger partial charge < -0.3 is 25.0 Å². The summed E-state index contributed by atoms with van der Waals surface area (Å²) in [4.78, 5) is 0. The van der Waals surface area contributed by atoms with Crippen LogP contribution >= 0.6 is 0 Å². The Kier molecular flexibility index (Phi) is 7.25. The number of methoxy groups -OCH3 is 1. The number of nitrogens with one attached hydrogen (secondary N) is 1. The summed E-state index contributed by atoms with van der Waals surface area (Å²) in [6.45, 7) is 3.07. The number of ether oxygens (including phenoxy) is 2. The highest BCUT2D eigenvalue weighted by Gasteiger charge is 2.05. The van der Waals surface area contributed by atoms with Gasteiger partial charge >= 0.3 is 0 Å². The van der Waals surface area contributed by atoms with Gasteiger partial charge in [-0.1, -0.05) is 6.07 Å². The summed E-state index contributed by atoms with van der Waals surface area (Å²) in [6, 6.07) is 7.26. The molecule has 0 aliphatic rings. The maximum Gasteiger partial charge on any atom is 0.123 e. The van der Waals surface area contributed by atoms with Crippen LogP contribution in [0.25, 0.3) is 0 Å². The van der Waals surface area contributed by atoms with E-state index in [2.05, 4.69) is 5.32 Å². The third-order valence-electron chi connectivity index (χ3n) is 2.60. The minimum absolute atomic E-state index is 0.217. The quantitative estimate of drug-likeness (QED) is 0.578. The van der Waals surface area contributed by atoms with Crippen molar-refractivity contribution in [1.29, 1.82) is 0 Å². The van der Waals surface area contributed by atoms with Gasteiger partial charge in [0.2, 0.25) is 0 Å². The fraction of sp³-hybridized carbons (Fsp3) is 0.571. The molecule has 0 saturated carbocycles. The molecule has 0 heterocycles. The number of hydrogen-bond acceptors (Lipinski definition) is 5. The van der Waals surface area contributed by atoms with Gasteiger partial charge in [0.15, 0.2) is 0 Å². The highest BCUT2D eigenvalue weighted by atomic mass is 16.5. The highest BCUT2D eigenvalue weighted by molar-refractivity contribution is 5.32. The Morgan fingerprint density at radius 3 is 2.68 bits per heavy atom. The fourth-order valence-corrected chi connectivity index (χ4v) is 1.52. The van der Waals surface area contributed by atoms with E-state index in [0.717, 1.165) is 5.75 Å². The van der Waals surface area contributed by atoms with E-state index in [9.17, 15) is 5.11 Å². The van der Waals surface area contributed by atoms with Crippen molar-refractivity contribution in [1.82, 2.24) is 5.32 Å². The average molecular weight is 269 g/mol. The van der Waals surface area contributed by atoms with E-state index in [1.807, 2.05) is 18.2 Å². The standard InChI is InChI=1S/C14H23NO4/c1-11(16)6-7-15-9-12(17)10-19-14-5-3-4-13(8-14)18-2/h3-5,8,11-12,15-17H,6-7,9-10H2,1-2H3.